The number of ether oxygens (including phenoxy) is 1. The molecule has 150 valence electrons. The summed E-state index contributed by atoms with van der Waals surface area (Å²) < 4.78 is 5.40. The van der Waals surface area contributed by atoms with Crippen molar-refractivity contribution in [3.63, 3.8) is 0 Å². The second-order valence-electron chi connectivity index (χ2n) is 7.78. The monoisotopic (exact) mass is 395 g/mol. The average molecular weight is 396 g/mol. The first kappa shape index (κ1) is 18.6. The number of benzene rings is 2. The lowest BCUT2D eigenvalue weighted by Crippen LogP contribution is -2.33. The maximum absolute atomic E-state index is 5.40. The van der Waals surface area contributed by atoms with Crippen LogP contribution in [0.15, 0.2) is 90.8 Å². The van der Waals surface area contributed by atoms with Crippen LogP contribution in [0.1, 0.15) is 16.7 Å². The normalized spacial score (nSPS) is 15.7. The molecule has 30 heavy (non-hydrogen) atoms. The first-order chi connectivity index (χ1) is 14.8. The van der Waals surface area contributed by atoms with Crippen LogP contribution in [0.4, 0.5) is 5.82 Å². The van der Waals surface area contributed by atoms with E-state index in [4.69, 9.17) is 9.72 Å². The van der Waals surface area contributed by atoms with Crippen molar-refractivity contribution < 1.29 is 4.74 Å². The molecule has 0 bridgehead atoms. The number of hydrogen-bond donors (Lipinski definition) is 0. The van der Waals surface area contributed by atoms with E-state index in [9.17, 15) is 0 Å². The van der Waals surface area contributed by atoms with E-state index in [0.717, 1.165) is 37.7 Å². The molecule has 0 amide bonds. The quantitative estimate of drug-likeness (QED) is 0.615. The molecule has 0 radical (unpaired) electrons. The van der Waals surface area contributed by atoms with Gasteiger partial charge in [0.1, 0.15) is 11.6 Å². The lowest BCUT2D eigenvalue weighted by molar-refractivity contribution is 0.317. The largest absolute Gasteiger partial charge is 0.497 e. The zero-order valence-corrected chi connectivity index (χ0v) is 17.2. The summed E-state index contributed by atoms with van der Waals surface area (Å²) >= 11 is 0. The summed E-state index contributed by atoms with van der Waals surface area (Å²) in [5.74, 6) is 1.90. The van der Waals surface area contributed by atoms with Gasteiger partial charge in [-0.1, -0.05) is 48.5 Å². The van der Waals surface area contributed by atoms with Crippen molar-refractivity contribution in [1.29, 1.82) is 0 Å². The molecular formula is C26H25N3O. The van der Waals surface area contributed by atoms with Crippen LogP contribution in [0.2, 0.25) is 0 Å². The predicted octanol–water partition coefficient (Wildman–Crippen LogP) is 4.89. The minimum atomic E-state index is 0.761. The number of rotatable bonds is 5. The Morgan fingerprint density at radius 1 is 0.933 bits per heavy atom. The number of fused-ring (bicyclic) bond motifs is 3. The highest BCUT2D eigenvalue weighted by molar-refractivity contribution is 5.89. The van der Waals surface area contributed by atoms with E-state index < -0.39 is 0 Å². The summed E-state index contributed by atoms with van der Waals surface area (Å²) in [6, 6.07) is 23.2. The van der Waals surface area contributed by atoms with Crippen molar-refractivity contribution >= 4 is 11.4 Å². The number of nitrogens with zero attached hydrogens (tertiary/aromatic N) is 3. The van der Waals surface area contributed by atoms with Crippen molar-refractivity contribution in [3.05, 3.63) is 107 Å². The minimum Gasteiger partial charge on any atom is -0.497 e. The van der Waals surface area contributed by atoms with E-state index in [2.05, 4.69) is 70.6 Å². The Morgan fingerprint density at radius 3 is 2.67 bits per heavy atom. The summed E-state index contributed by atoms with van der Waals surface area (Å²) in [6.07, 6.45) is 6.50. The standard InChI is InChI=1S/C26H25N3O/c1-30-23-10-5-9-21(15-23)17-29-19-22-18-28(16-20-7-3-2-4-8-20)14-12-24(22)25-11-6-13-27-26(25)29/h2-13,15,19H,14,16-18H2,1H3. The molecule has 1 aromatic heterocycles. The fourth-order valence-electron chi connectivity index (χ4n) is 4.27. The van der Waals surface area contributed by atoms with E-state index in [-0.39, 0.29) is 0 Å². The molecule has 0 spiro atoms. The maximum Gasteiger partial charge on any atom is 0.140 e. The van der Waals surface area contributed by atoms with Gasteiger partial charge in [-0.15, -0.1) is 0 Å². The zero-order valence-electron chi connectivity index (χ0n) is 17.2. The zero-order chi connectivity index (χ0) is 20.3. The average Bonchev–Trinajstić information content (AvgIpc) is 2.80. The van der Waals surface area contributed by atoms with Gasteiger partial charge in [-0.25, -0.2) is 4.98 Å². The highest BCUT2D eigenvalue weighted by Crippen LogP contribution is 2.38. The van der Waals surface area contributed by atoms with E-state index in [1.807, 2.05) is 24.4 Å². The Balaban J connectivity index is 1.45. The SMILES string of the molecule is COc1cccc(CN2C=C3CN(Cc4ccccc4)CC=C3c3cccnc32)c1. The van der Waals surface area contributed by atoms with Gasteiger partial charge in [0.15, 0.2) is 0 Å². The lowest BCUT2D eigenvalue weighted by Gasteiger charge is -2.35. The number of aromatic nitrogens is 1. The third kappa shape index (κ3) is 3.74. The molecule has 2 aromatic carbocycles. The fraction of sp³-hybridized carbons (Fsp3) is 0.192. The smallest absolute Gasteiger partial charge is 0.140 e. The molecule has 0 unspecified atom stereocenters. The van der Waals surface area contributed by atoms with E-state index in [0.29, 0.717) is 0 Å². The first-order valence-electron chi connectivity index (χ1n) is 10.3. The summed E-state index contributed by atoms with van der Waals surface area (Å²) in [5.41, 5.74) is 6.44. The fourth-order valence-corrected chi connectivity index (χ4v) is 4.27. The van der Waals surface area contributed by atoms with E-state index in [1.54, 1.807) is 7.11 Å². The topological polar surface area (TPSA) is 28.6 Å². The Kier molecular flexibility index (Phi) is 5.08. The lowest BCUT2D eigenvalue weighted by atomic mass is 9.92. The van der Waals surface area contributed by atoms with Gasteiger partial charge in [-0.2, -0.15) is 0 Å². The molecule has 3 heterocycles. The van der Waals surface area contributed by atoms with E-state index in [1.165, 1.54) is 27.8 Å². The molecule has 0 aliphatic carbocycles. The van der Waals surface area contributed by atoms with Crippen molar-refractivity contribution in [3.8, 4) is 5.75 Å². The number of methoxy groups -OCH3 is 1. The van der Waals surface area contributed by atoms with Gasteiger partial charge < -0.3 is 9.64 Å². The van der Waals surface area contributed by atoms with Gasteiger partial charge in [-0.05, 0) is 46.5 Å². The van der Waals surface area contributed by atoms with Crippen molar-refractivity contribution in [1.82, 2.24) is 9.88 Å². The van der Waals surface area contributed by atoms with Gasteiger partial charge in [0.25, 0.3) is 0 Å². The molecule has 4 heteroatoms. The first-order valence-corrected chi connectivity index (χ1v) is 10.3. The van der Waals surface area contributed by atoms with Crippen molar-refractivity contribution in [2.45, 2.75) is 13.1 Å². The minimum absolute atomic E-state index is 0.761. The summed E-state index contributed by atoms with van der Waals surface area (Å²) in [4.78, 5) is 9.46. The van der Waals surface area contributed by atoms with Crippen LogP contribution < -0.4 is 9.64 Å². The highest BCUT2D eigenvalue weighted by Gasteiger charge is 2.27. The van der Waals surface area contributed by atoms with Crippen LogP contribution in [0.5, 0.6) is 5.75 Å². The van der Waals surface area contributed by atoms with Gasteiger partial charge in [0, 0.05) is 44.1 Å². The summed E-state index contributed by atoms with van der Waals surface area (Å²) in [5, 5.41) is 0. The molecule has 0 fully saturated rings. The Morgan fingerprint density at radius 2 is 1.80 bits per heavy atom. The van der Waals surface area contributed by atoms with Crippen LogP contribution in [0.3, 0.4) is 0 Å². The van der Waals surface area contributed by atoms with Gasteiger partial charge in [0.05, 0.1) is 7.11 Å². The Labute approximate surface area is 177 Å². The van der Waals surface area contributed by atoms with E-state index >= 15 is 0 Å². The molecule has 0 N–H and O–H groups in total. The van der Waals surface area contributed by atoms with Gasteiger partial charge >= 0.3 is 0 Å². The van der Waals surface area contributed by atoms with Crippen LogP contribution in [0.25, 0.3) is 5.57 Å². The molecule has 5 rings (SSSR count). The molecule has 0 saturated carbocycles. The highest BCUT2D eigenvalue weighted by atomic mass is 16.5. The Hall–Kier alpha value is -3.37. The molecular weight excluding hydrogens is 370 g/mol. The van der Waals surface area contributed by atoms with Crippen LogP contribution in [-0.4, -0.2) is 30.1 Å². The second-order valence-corrected chi connectivity index (χ2v) is 7.78. The molecule has 4 nitrogen and oxygen atoms in total. The molecule has 2 aliphatic heterocycles. The summed E-state index contributed by atoms with van der Waals surface area (Å²) in [6.45, 7) is 3.60. The van der Waals surface area contributed by atoms with Crippen molar-refractivity contribution in [2.24, 2.45) is 0 Å². The molecule has 2 aliphatic rings. The third-order valence-corrected chi connectivity index (χ3v) is 5.69. The van der Waals surface area contributed by atoms with Crippen LogP contribution in [0, 0.1) is 0 Å². The van der Waals surface area contributed by atoms with Gasteiger partial charge in [0.2, 0.25) is 0 Å². The van der Waals surface area contributed by atoms with Crippen LogP contribution in [-0.2, 0) is 13.1 Å². The second kappa shape index (κ2) is 8.17. The molecule has 3 aromatic rings. The number of anilines is 1. The van der Waals surface area contributed by atoms with Crippen molar-refractivity contribution in [2.75, 3.05) is 25.1 Å². The maximum atomic E-state index is 5.40. The third-order valence-electron chi connectivity index (χ3n) is 5.69. The molecule has 0 atom stereocenters. The summed E-state index contributed by atoms with van der Waals surface area (Å²) in [7, 11) is 1.71. The molecule has 0 saturated heterocycles. The van der Waals surface area contributed by atoms with Gasteiger partial charge in [-0.3, -0.25) is 4.90 Å². The number of pyridine rings is 1. The Bertz CT molecular complexity index is 1100. The predicted molar refractivity (Wildman–Crippen MR) is 121 cm³/mol. The van der Waals surface area contributed by atoms with Crippen LogP contribution >= 0.6 is 0 Å². The number of hydrogen-bond acceptors (Lipinski definition) is 4.